The van der Waals surface area contributed by atoms with Gasteiger partial charge in [0.25, 0.3) is 0 Å². The van der Waals surface area contributed by atoms with Crippen molar-refractivity contribution in [3.63, 3.8) is 0 Å². The summed E-state index contributed by atoms with van der Waals surface area (Å²) in [6, 6.07) is 0. The summed E-state index contributed by atoms with van der Waals surface area (Å²) in [5.41, 5.74) is 3.16. The molecule has 0 aromatic heterocycles. The lowest BCUT2D eigenvalue weighted by Crippen LogP contribution is -2.39. The number of carbonyl (C=O) groups is 1. The first-order valence-corrected chi connectivity index (χ1v) is 4.48. The van der Waals surface area contributed by atoms with E-state index in [1.54, 1.807) is 0 Å². The molecule has 12 heavy (non-hydrogen) atoms. The standard InChI is InChI=1S/C8H14N2O2/c11-8(12)7-5-9-10-3-1-6(7)2-4-10/h6-7,9H,1-5H2,(H,11,12). The molecule has 0 radical (unpaired) electrons. The summed E-state index contributed by atoms with van der Waals surface area (Å²) in [5, 5.41) is 11.1. The van der Waals surface area contributed by atoms with E-state index in [0.29, 0.717) is 12.5 Å². The Hall–Kier alpha value is -0.610. The molecule has 0 spiro atoms. The number of nitrogens with one attached hydrogen (secondary N) is 1. The minimum Gasteiger partial charge on any atom is -0.481 e. The summed E-state index contributed by atoms with van der Waals surface area (Å²) in [7, 11) is 0. The molecule has 0 aromatic carbocycles. The molecule has 1 unspecified atom stereocenters. The van der Waals surface area contributed by atoms with E-state index in [0.717, 1.165) is 25.9 Å². The highest BCUT2D eigenvalue weighted by Gasteiger charge is 2.34. The van der Waals surface area contributed by atoms with Crippen LogP contribution in [0.4, 0.5) is 0 Å². The van der Waals surface area contributed by atoms with E-state index in [1.807, 2.05) is 0 Å². The number of hydrogen-bond donors (Lipinski definition) is 2. The molecular weight excluding hydrogens is 156 g/mol. The Morgan fingerprint density at radius 2 is 2.08 bits per heavy atom. The summed E-state index contributed by atoms with van der Waals surface area (Å²) in [4.78, 5) is 10.8. The van der Waals surface area contributed by atoms with Gasteiger partial charge in [-0.3, -0.25) is 10.2 Å². The Bertz CT molecular complexity index is 187. The van der Waals surface area contributed by atoms with Gasteiger partial charge in [0.05, 0.1) is 5.92 Å². The molecule has 3 aliphatic rings. The lowest BCUT2D eigenvalue weighted by Gasteiger charge is -2.26. The Kier molecular flexibility index (Phi) is 2.02. The van der Waals surface area contributed by atoms with E-state index >= 15 is 0 Å². The zero-order valence-corrected chi connectivity index (χ0v) is 6.99. The second-order valence-electron chi connectivity index (χ2n) is 3.63. The van der Waals surface area contributed by atoms with Gasteiger partial charge in [0, 0.05) is 19.6 Å². The average molecular weight is 170 g/mol. The maximum Gasteiger partial charge on any atom is 0.308 e. The van der Waals surface area contributed by atoms with E-state index in [1.165, 1.54) is 0 Å². The third-order valence-electron chi connectivity index (χ3n) is 2.96. The third-order valence-corrected chi connectivity index (χ3v) is 2.96. The number of carboxylic acids is 1. The minimum absolute atomic E-state index is 0.169. The average Bonchev–Trinajstić information content (AvgIpc) is 2.36. The fourth-order valence-corrected chi connectivity index (χ4v) is 2.14. The van der Waals surface area contributed by atoms with Crippen LogP contribution >= 0.6 is 0 Å². The molecule has 2 N–H and O–H groups in total. The summed E-state index contributed by atoms with van der Waals surface area (Å²) in [6.45, 7) is 2.63. The van der Waals surface area contributed by atoms with Crippen LogP contribution in [-0.4, -0.2) is 35.7 Å². The fraction of sp³-hybridized carbons (Fsp3) is 0.875. The molecule has 0 aliphatic carbocycles. The van der Waals surface area contributed by atoms with Gasteiger partial charge in [0.15, 0.2) is 0 Å². The first-order valence-electron chi connectivity index (χ1n) is 4.48. The van der Waals surface area contributed by atoms with Crippen molar-refractivity contribution in [2.24, 2.45) is 11.8 Å². The Morgan fingerprint density at radius 1 is 1.42 bits per heavy atom. The minimum atomic E-state index is -0.642. The Morgan fingerprint density at radius 3 is 2.67 bits per heavy atom. The van der Waals surface area contributed by atoms with Gasteiger partial charge in [0.1, 0.15) is 0 Å². The van der Waals surface area contributed by atoms with Gasteiger partial charge in [-0.25, -0.2) is 5.01 Å². The zero-order chi connectivity index (χ0) is 8.55. The lowest BCUT2D eigenvalue weighted by molar-refractivity contribution is -0.143. The topological polar surface area (TPSA) is 52.6 Å². The number of nitrogens with zero attached hydrogens (tertiary/aromatic N) is 1. The van der Waals surface area contributed by atoms with Crippen LogP contribution in [-0.2, 0) is 4.79 Å². The molecule has 4 heteroatoms. The van der Waals surface area contributed by atoms with Crippen LogP contribution in [0.1, 0.15) is 12.8 Å². The van der Waals surface area contributed by atoms with Gasteiger partial charge in [-0.05, 0) is 18.8 Å². The van der Waals surface area contributed by atoms with Crippen LogP contribution in [0.3, 0.4) is 0 Å². The van der Waals surface area contributed by atoms with Crippen molar-refractivity contribution in [3.05, 3.63) is 0 Å². The highest BCUT2D eigenvalue weighted by atomic mass is 16.4. The van der Waals surface area contributed by atoms with Crippen molar-refractivity contribution >= 4 is 5.97 Å². The van der Waals surface area contributed by atoms with Crippen molar-refractivity contribution in [1.82, 2.24) is 10.4 Å². The lowest BCUT2D eigenvalue weighted by atomic mass is 9.86. The van der Waals surface area contributed by atoms with Crippen LogP contribution in [0.25, 0.3) is 0 Å². The smallest absolute Gasteiger partial charge is 0.308 e. The van der Waals surface area contributed by atoms with Gasteiger partial charge in [-0.1, -0.05) is 0 Å². The summed E-state index contributed by atoms with van der Waals surface area (Å²) in [5.74, 6) is -0.414. The molecule has 1 atom stereocenters. The first-order chi connectivity index (χ1) is 5.77. The van der Waals surface area contributed by atoms with Crippen LogP contribution in [0, 0.1) is 11.8 Å². The molecule has 4 nitrogen and oxygen atoms in total. The van der Waals surface area contributed by atoms with Gasteiger partial charge >= 0.3 is 5.97 Å². The van der Waals surface area contributed by atoms with Crippen LogP contribution < -0.4 is 5.43 Å². The molecule has 3 rings (SSSR count). The SMILES string of the molecule is O=C(O)C1CNN2CCC1CC2. The molecule has 3 heterocycles. The quantitative estimate of drug-likeness (QED) is 0.578. The molecule has 68 valence electrons. The van der Waals surface area contributed by atoms with Gasteiger partial charge in [0.2, 0.25) is 0 Å². The normalized spacial score (nSPS) is 40.8. The van der Waals surface area contributed by atoms with E-state index in [-0.39, 0.29) is 5.92 Å². The molecular formula is C8H14N2O2. The summed E-state index contributed by atoms with van der Waals surface area (Å²) >= 11 is 0. The number of aliphatic carboxylic acids is 1. The van der Waals surface area contributed by atoms with Gasteiger partial charge in [-0.15, -0.1) is 0 Å². The van der Waals surface area contributed by atoms with Crippen molar-refractivity contribution in [3.8, 4) is 0 Å². The van der Waals surface area contributed by atoms with Crippen LogP contribution in [0.5, 0.6) is 0 Å². The molecule has 2 bridgehead atoms. The van der Waals surface area contributed by atoms with Gasteiger partial charge in [-0.2, -0.15) is 0 Å². The number of carboxylic acid groups (broad SMARTS) is 1. The second-order valence-corrected chi connectivity index (χ2v) is 3.63. The molecule has 0 amide bonds. The number of hydrogen-bond acceptors (Lipinski definition) is 3. The fourth-order valence-electron chi connectivity index (χ4n) is 2.14. The van der Waals surface area contributed by atoms with E-state index in [2.05, 4.69) is 10.4 Å². The highest BCUT2D eigenvalue weighted by Crippen LogP contribution is 2.27. The van der Waals surface area contributed by atoms with Crippen molar-refractivity contribution in [2.45, 2.75) is 12.8 Å². The molecule has 3 saturated heterocycles. The number of hydrazine groups is 1. The van der Waals surface area contributed by atoms with E-state index in [9.17, 15) is 4.79 Å². The maximum absolute atomic E-state index is 10.8. The predicted molar refractivity (Wildman–Crippen MR) is 43.4 cm³/mol. The van der Waals surface area contributed by atoms with Crippen molar-refractivity contribution in [1.29, 1.82) is 0 Å². The number of rotatable bonds is 1. The molecule has 3 fully saturated rings. The first kappa shape index (κ1) is 8.01. The zero-order valence-electron chi connectivity index (χ0n) is 6.99. The third kappa shape index (κ3) is 1.32. The van der Waals surface area contributed by atoms with Crippen LogP contribution in [0.15, 0.2) is 0 Å². The largest absolute Gasteiger partial charge is 0.481 e. The Balaban J connectivity index is 2.10. The molecule has 0 aromatic rings. The highest BCUT2D eigenvalue weighted by molar-refractivity contribution is 5.70. The van der Waals surface area contributed by atoms with Gasteiger partial charge < -0.3 is 5.11 Å². The van der Waals surface area contributed by atoms with E-state index in [4.69, 9.17) is 5.11 Å². The number of fused-ring (bicyclic) bond motifs is 4. The summed E-state index contributed by atoms with van der Waals surface area (Å²) in [6.07, 6.45) is 2.06. The predicted octanol–water partition coefficient (Wildman–Crippen LogP) is -0.0826. The second kappa shape index (κ2) is 3.03. The van der Waals surface area contributed by atoms with Crippen molar-refractivity contribution in [2.75, 3.05) is 19.6 Å². The van der Waals surface area contributed by atoms with Crippen molar-refractivity contribution < 1.29 is 9.90 Å². The monoisotopic (exact) mass is 170 g/mol. The molecule has 0 saturated carbocycles. The molecule has 3 aliphatic heterocycles. The Labute approximate surface area is 71.5 Å². The maximum atomic E-state index is 10.8. The van der Waals surface area contributed by atoms with Crippen LogP contribution in [0.2, 0.25) is 0 Å². The summed E-state index contributed by atoms with van der Waals surface area (Å²) < 4.78 is 0. The van der Waals surface area contributed by atoms with E-state index < -0.39 is 5.97 Å². The number of piperidine rings is 1.